The normalized spacial score (nSPS) is 16.9. The van der Waals surface area contributed by atoms with E-state index in [-0.39, 0.29) is 6.04 Å². The van der Waals surface area contributed by atoms with Crippen molar-refractivity contribution in [3.63, 3.8) is 0 Å². The molecule has 78 valence electrons. The van der Waals surface area contributed by atoms with Gasteiger partial charge in [0.15, 0.2) is 5.82 Å². The topological polar surface area (TPSA) is 69.2 Å². The van der Waals surface area contributed by atoms with Gasteiger partial charge in [-0.1, -0.05) is 0 Å². The Balaban J connectivity index is 2.23. The van der Waals surface area contributed by atoms with Crippen molar-refractivity contribution in [3.05, 3.63) is 5.82 Å². The van der Waals surface area contributed by atoms with E-state index in [0.717, 1.165) is 12.4 Å². The number of hydrogen-bond acceptors (Lipinski definition) is 5. The predicted molar refractivity (Wildman–Crippen MR) is 51.0 cm³/mol. The van der Waals surface area contributed by atoms with Crippen molar-refractivity contribution >= 4 is 0 Å². The van der Waals surface area contributed by atoms with Crippen LogP contribution in [-0.4, -0.2) is 46.9 Å². The second-order valence-electron chi connectivity index (χ2n) is 3.54. The molecule has 0 amide bonds. The van der Waals surface area contributed by atoms with Crippen LogP contribution in [0.15, 0.2) is 0 Å². The van der Waals surface area contributed by atoms with Crippen molar-refractivity contribution in [3.8, 4) is 6.01 Å². The zero-order valence-electron chi connectivity index (χ0n) is 8.47. The third-order valence-electron chi connectivity index (χ3n) is 2.33. The molecular weight excluding hydrogens is 182 g/mol. The Morgan fingerprint density at radius 1 is 1.64 bits per heavy atom. The Hall–Kier alpha value is -1.14. The zero-order valence-corrected chi connectivity index (χ0v) is 8.47. The second kappa shape index (κ2) is 3.55. The van der Waals surface area contributed by atoms with Crippen molar-refractivity contribution in [2.24, 2.45) is 5.73 Å². The van der Waals surface area contributed by atoms with E-state index in [1.165, 1.54) is 0 Å². The predicted octanol–water partition coefficient (Wildman–Crippen LogP) is -0.768. The molecule has 1 aromatic heterocycles. The van der Waals surface area contributed by atoms with Crippen LogP contribution in [0.4, 0.5) is 0 Å². The van der Waals surface area contributed by atoms with E-state index in [2.05, 4.69) is 10.1 Å². The highest BCUT2D eigenvalue weighted by atomic mass is 16.5. The maximum absolute atomic E-state index is 5.65. The van der Waals surface area contributed by atoms with E-state index in [9.17, 15) is 0 Å². The Labute approximate surface area is 82.7 Å². The monoisotopic (exact) mass is 197 g/mol. The van der Waals surface area contributed by atoms with E-state index >= 15 is 0 Å². The second-order valence-corrected chi connectivity index (χ2v) is 3.54. The van der Waals surface area contributed by atoms with Crippen LogP contribution >= 0.6 is 0 Å². The molecule has 0 aromatic carbocycles. The molecule has 0 aliphatic carbocycles. The summed E-state index contributed by atoms with van der Waals surface area (Å²) in [4.78, 5) is 6.30. The van der Waals surface area contributed by atoms with Gasteiger partial charge < -0.3 is 10.5 Å². The highest BCUT2D eigenvalue weighted by Crippen LogP contribution is 2.19. The van der Waals surface area contributed by atoms with E-state index in [0.29, 0.717) is 19.2 Å². The van der Waals surface area contributed by atoms with E-state index in [1.807, 2.05) is 19.0 Å². The van der Waals surface area contributed by atoms with Crippen LogP contribution in [0.2, 0.25) is 0 Å². The summed E-state index contributed by atoms with van der Waals surface area (Å²) in [5, 5.41) is 4.34. The summed E-state index contributed by atoms with van der Waals surface area (Å²) in [6, 6.07) is 0.678. The van der Waals surface area contributed by atoms with Gasteiger partial charge in [-0.15, -0.1) is 0 Å². The molecule has 2 N–H and O–H groups in total. The largest absolute Gasteiger partial charge is 0.462 e. The lowest BCUT2D eigenvalue weighted by Crippen LogP contribution is -2.28. The summed E-state index contributed by atoms with van der Waals surface area (Å²) in [5.41, 5.74) is 5.65. The minimum Gasteiger partial charge on any atom is -0.462 e. The minimum absolute atomic E-state index is 0.0664. The maximum Gasteiger partial charge on any atom is 0.315 e. The lowest BCUT2D eigenvalue weighted by Gasteiger charge is -2.18. The Morgan fingerprint density at radius 3 is 3.00 bits per heavy atom. The highest BCUT2D eigenvalue weighted by molar-refractivity contribution is 5.05. The van der Waals surface area contributed by atoms with E-state index < -0.39 is 0 Å². The van der Waals surface area contributed by atoms with Crippen LogP contribution in [-0.2, 0) is 6.54 Å². The lowest BCUT2D eigenvalue weighted by molar-refractivity contribution is 0.288. The summed E-state index contributed by atoms with van der Waals surface area (Å²) in [7, 11) is 3.93. The fourth-order valence-electron chi connectivity index (χ4n) is 1.51. The minimum atomic E-state index is 0.0664. The SMILES string of the molecule is CN(C)C(CN)c1nc2n(n1)CCO2. The fourth-order valence-corrected chi connectivity index (χ4v) is 1.51. The first-order valence-electron chi connectivity index (χ1n) is 4.66. The summed E-state index contributed by atoms with van der Waals surface area (Å²) in [5.74, 6) is 0.743. The standard InChI is InChI=1S/C8H15N5O/c1-12(2)6(5-9)7-10-8-13(11-7)3-4-14-8/h6H,3-5,9H2,1-2H3. The zero-order chi connectivity index (χ0) is 10.1. The smallest absolute Gasteiger partial charge is 0.315 e. The molecule has 1 aliphatic heterocycles. The van der Waals surface area contributed by atoms with Gasteiger partial charge in [0.1, 0.15) is 6.61 Å². The molecule has 1 aromatic rings. The van der Waals surface area contributed by atoms with Crippen molar-refractivity contribution < 1.29 is 4.74 Å². The molecule has 6 heteroatoms. The Morgan fingerprint density at radius 2 is 2.43 bits per heavy atom. The average Bonchev–Trinajstić information content (AvgIpc) is 2.63. The number of rotatable bonds is 3. The van der Waals surface area contributed by atoms with Gasteiger partial charge in [-0.25, -0.2) is 4.68 Å². The summed E-state index contributed by atoms with van der Waals surface area (Å²) in [6.45, 7) is 1.97. The Kier molecular flexibility index (Phi) is 2.39. The first kappa shape index (κ1) is 9.42. The van der Waals surface area contributed by atoms with Crippen molar-refractivity contribution in [1.29, 1.82) is 0 Å². The molecule has 0 saturated carbocycles. The number of nitrogens with two attached hydrogens (primary N) is 1. The van der Waals surface area contributed by atoms with Crippen LogP contribution in [0, 0.1) is 0 Å². The quantitative estimate of drug-likeness (QED) is 0.689. The molecule has 0 radical (unpaired) electrons. The van der Waals surface area contributed by atoms with E-state index in [4.69, 9.17) is 10.5 Å². The summed E-state index contributed by atoms with van der Waals surface area (Å²) >= 11 is 0. The molecule has 1 aliphatic rings. The number of ether oxygens (including phenoxy) is 1. The molecule has 2 rings (SSSR count). The summed E-state index contributed by atoms with van der Waals surface area (Å²) < 4.78 is 7.06. The molecule has 0 spiro atoms. The average molecular weight is 197 g/mol. The van der Waals surface area contributed by atoms with Gasteiger partial charge in [0.2, 0.25) is 0 Å². The van der Waals surface area contributed by atoms with Crippen molar-refractivity contribution in [1.82, 2.24) is 19.7 Å². The summed E-state index contributed by atoms with van der Waals surface area (Å²) in [6.07, 6.45) is 0. The van der Waals surface area contributed by atoms with Crippen LogP contribution in [0.3, 0.4) is 0 Å². The van der Waals surface area contributed by atoms with Crippen LogP contribution in [0.1, 0.15) is 11.9 Å². The van der Waals surface area contributed by atoms with Crippen molar-refractivity contribution in [2.75, 3.05) is 27.2 Å². The molecular formula is C8H15N5O. The molecule has 2 heterocycles. The molecule has 0 saturated heterocycles. The van der Waals surface area contributed by atoms with E-state index in [1.54, 1.807) is 4.68 Å². The fraction of sp³-hybridized carbons (Fsp3) is 0.750. The molecule has 0 fully saturated rings. The van der Waals surface area contributed by atoms with Gasteiger partial charge in [0.05, 0.1) is 12.6 Å². The number of likely N-dealkylation sites (N-methyl/N-ethyl adjacent to an activating group) is 1. The van der Waals surface area contributed by atoms with Crippen LogP contribution in [0.25, 0.3) is 0 Å². The first-order chi connectivity index (χ1) is 6.72. The van der Waals surface area contributed by atoms with Gasteiger partial charge in [0, 0.05) is 6.54 Å². The number of fused-ring (bicyclic) bond motifs is 1. The van der Waals surface area contributed by atoms with Gasteiger partial charge in [0.25, 0.3) is 0 Å². The number of nitrogens with zero attached hydrogens (tertiary/aromatic N) is 4. The molecule has 14 heavy (non-hydrogen) atoms. The highest BCUT2D eigenvalue weighted by Gasteiger charge is 2.23. The van der Waals surface area contributed by atoms with Gasteiger partial charge in [-0.2, -0.15) is 10.1 Å². The molecule has 0 bridgehead atoms. The number of aromatic nitrogens is 3. The molecule has 1 atom stereocenters. The van der Waals surface area contributed by atoms with Crippen LogP contribution < -0.4 is 10.5 Å². The van der Waals surface area contributed by atoms with Crippen LogP contribution in [0.5, 0.6) is 6.01 Å². The molecule has 6 nitrogen and oxygen atoms in total. The third kappa shape index (κ3) is 1.46. The Bertz CT molecular complexity index is 300. The van der Waals surface area contributed by atoms with Gasteiger partial charge in [-0.3, -0.25) is 4.90 Å². The molecule has 1 unspecified atom stereocenters. The maximum atomic E-state index is 5.65. The number of hydrogen-bond donors (Lipinski definition) is 1. The van der Waals surface area contributed by atoms with Gasteiger partial charge >= 0.3 is 6.01 Å². The first-order valence-corrected chi connectivity index (χ1v) is 4.66. The van der Waals surface area contributed by atoms with Crippen molar-refractivity contribution in [2.45, 2.75) is 12.6 Å². The lowest BCUT2D eigenvalue weighted by atomic mass is 10.2. The van der Waals surface area contributed by atoms with Gasteiger partial charge in [-0.05, 0) is 14.1 Å². The third-order valence-corrected chi connectivity index (χ3v) is 2.33.